The molecule has 0 saturated carbocycles. The first-order valence-corrected chi connectivity index (χ1v) is 12.8. The molecule has 0 aliphatic heterocycles. The minimum Gasteiger partial charge on any atom is -0.493 e. The number of hydrogen-bond acceptors (Lipinski definition) is 5. The van der Waals surface area contributed by atoms with Crippen LogP contribution >= 0.6 is 23.2 Å². The molecule has 0 aliphatic rings. The van der Waals surface area contributed by atoms with Crippen molar-refractivity contribution < 1.29 is 14.3 Å². The van der Waals surface area contributed by atoms with Crippen LogP contribution in [0.5, 0.6) is 11.5 Å². The van der Waals surface area contributed by atoms with Gasteiger partial charge in [0.25, 0.3) is 5.91 Å². The van der Waals surface area contributed by atoms with E-state index in [9.17, 15) is 9.59 Å². The van der Waals surface area contributed by atoms with Crippen molar-refractivity contribution in [2.24, 2.45) is 5.10 Å². The minimum atomic E-state index is -0.358. The van der Waals surface area contributed by atoms with Gasteiger partial charge in [-0.1, -0.05) is 59.6 Å². The van der Waals surface area contributed by atoms with Crippen LogP contribution in [0.3, 0.4) is 0 Å². The Bertz CT molecular complexity index is 1720. The van der Waals surface area contributed by atoms with E-state index in [1.165, 1.54) is 6.21 Å². The molecule has 0 fully saturated rings. The Morgan fingerprint density at radius 3 is 2.31 bits per heavy atom. The number of amides is 1. The molecule has 1 aromatic heterocycles. The molecule has 39 heavy (non-hydrogen) atoms. The third kappa shape index (κ3) is 5.60. The SMILES string of the molecule is COc1cccc(/C=N\NC(=O)Cn2c3ccccc3c(=O)c3ccccc32)c1OCc1ccc(Cl)cc1Cl. The molecule has 0 atom stereocenters. The Balaban J connectivity index is 1.37. The fraction of sp³-hybridized carbons (Fsp3) is 0.100. The van der Waals surface area contributed by atoms with Crippen molar-refractivity contribution >= 4 is 57.1 Å². The molecule has 9 heteroatoms. The number of methoxy groups -OCH3 is 1. The second kappa shape index (κ2) is 11.6. The second-order valence-electron chi connectivity index (χ2n) is 8.65. The smallest absolute Gasteiger partial charge is 0.260 e. The van der Waals surface area contributed by atoms with E-state index in [0.29, 0.717) is 48.9 Å². The summed E-state index contributed by atoms with van der Waals surface area (Å²) < 4.78 is 13.3. The van der Waals surface area contributed by atoms with E-state index < -0.39 is 0 Å². The van der Waals surface area contributed by atoms with Gasteiger partial charge >= 0.3 is 0 Å². The summed E-state index contributed by atoms with van der Waals surface area (Å²) in [5.41, 5.74) is 5.20. The highest BCUT2D eigenvalue weighted by Gasteiger charge is 2.14. The van der Waals surface area contributed by atoms with Gasteiger partial charge in [-0.05, 0) is 48.5 Å². The molecule has 0 aliphatic carbocycles. The van der Waals surface area contributed by atoms with Crippen LogP contribution in [0.2, 0.25) is 10.0 Å². The van der Waals surface area contributed by atoms with Crippen molar-refractivity contribution in [2.45, 2.75) is 13.2 Å². The summed E-state index contributed by atoms with van der Waals surface area (Å²) in [6.45, 7) is 0.144. The Labute approximate surface area is 234 Å². The van der Waals surface area contributed by atoms with E-state index in [4.69, 9.17) is 32.7 Å². The topological polar surface area (TPSA) is 81.9 Å². The van der Waals surface area contributed by atoms with Gasteiger partial charge in [-0.15, -0.1) is 0 Å². The fourth-order valence-electron chi connectivity index (χ4n) is 4.34. The highest BCUT2D eigenvalue weighted by Crippen LogP contribution is 2.32. The average Bonchev–Trinajstić information content (AvgIpc) is 2.95. The monoisotopic (exact) mass is 559 g/mol. The number of para-hydroxylation sites is 3. The van der Waals surface area contributed by atoms with Crippen LogP contribution in [-0.2, 0) is 17.9 Å². The standard InChI is InChI=1S/C30H23Cl2N3O4/c1-38-27-12-6-7-19(30(27)39-18-20-13-14-21(31)15-24(20)32)16-33-34-28(36)17-35-25-10-4-2-8-22(25)29(37)23-9-3-5-11-26(23)35/h2-16H,17-18H2,1H3,(H,34,36)/b33-16-. The molecule has 7 nitrogen and oxygen atoms in total. The maximum Gasteiger partial charge on any atom is 0.260 e. The fourth-order valence-corrected chi connectivity index (χ4v) is 4.80. The number of hydrazone groups is 1. The predicted molar refractivity (Wildman–Crippen MR) is 155 cm³/mol. The molecule has 1 amide bonds. The lowest BCUT2D eigenvalue weighted by molar-refractivity contribution is -0.121. The zero-order chi connectivity index (χ0) is 27.4. The van der Waals surface area contributed by atoms with Crippen LogP contribution in [-0.4, -0.2) is 23.8 Å². The molecule has 1 N–H and O–H groups in total. The van der Waals surface area contributed by atoms with Crippen LogP contribution < -0.4 is 20.3 Å². The quantitative estimate of drug-likeness (QED) is 0.139. The zero-order valence-corrected chi connectivity index (χ0v) is 22.4. The molecule has 196 valence electrons. The zero-order valence-electron chi connectivity index (χ0n) is 20.9. The Morgan fingerprint density at radius 2 is 1.64 bits per heavy atom. The lowest BCUT2D eigenvalue weighted by atomic mass is 10.1. The maximum absolute atomic E-state index is 13.0. The largest absolute Gasteiger partial charge is 0.493 e. The van der Waals surface area contributed by atoms with Crippen molar-refractivity contribution in [3.8, 4) is 11.5 Å². The number of benzene rings is 4. The number of carbonyl (C=O) groups excluding carboxylic acids is 1. The van der Waals surface area contributed by atoms with E-state index in [-0.39, 0.29) is 24.5 Å². The summed E-state index contributed by atoms with van der Waals surface area (Å²) in [5, 5.41) is 6.28. The van der Waals surface area contributed by atoms with Crippen molar-refractivity contribution in [3.05, 3.63) is 116 Å². The van der Waals surface area contributed by atoms with E-state index >= 15 is 0 Å². The summed E-state index contributed by atoms with van der Waals surface area (Å²) in [7, 11) is 1.54. The van der Waals surface area contributed by atoms with E-state index in [0.717, 1.165) is 5.56 Å². The Kier molecular flexibility index (Phi) is 7.81. The van der Waals surface area contributed by atoms with Gasteiger partial charge in [0.15, 0.2) is 16.9 Å². The lowest BCUT2D eigenvalue weighted by Gasteiger charge is -2.15. The number of halogens is 2. The van der Waals surface area contributed by atoms with E-state index in [1.807, 2.05) is 41.0 Å². The molecule has 1 heterocycles. The maximum atomic E-state index is 13.0. The van der Waals surface area contributed by atoms with E-state index in [2.05, 4.69) is 10.5 Å². The lowest BCUT2D eigenvalue weighted by Crippen LogP contribution is -2.25. The molecule has 0 saturated heterocycles. The number of aromatic nitrogens is 1. The second-order valence-corrected chi connectivity index (χ2v) is 9.49. The number of ether oxygens (including phenoxy) is 2. The number of rotatable bonds is 8. The molecule has 0 radical (unpaired) electrons. The summed E-state index contributed by atoms with van der Waals surface area (Å²) in [6.07, 6.45) is 1.49. The number of nitrogens with zero attached hydrogens (tertiary/aromatic N) is 2. The molecule has 0 spiro atoms. The van der Waals surface area contributed by atoms with Gasteiger partial charge in [-0.2, -0.15) is 5.10 Å². The van der Waals surface area contributed by atoms with Crippen molar-refractivity contribution in [1.82, 2.24) is 9.99 Å². The number of hydrogen-bond donors (Lipinski definition) is 1. The summed E-state index contributed by atoms with van der Waals surface area (Å²) in [5.74, 6) is 0.589. The summed E-state index contributed by atoms with van der Waals surface area (Å²) in [6, 6.07) is 25.0. The van der Waals surface area contributed by atoms with Crippen LogP contribution in [0.4, 0.5) is 0 Å². The molecule has 0 unspecified atom stereocenters. The first-order valence-electron chi connectivity index (χ1n) is 12.0. The number of pyridine rings is 1. The van der Waals surface area contributed by atoms with Crippen LogP contribution in [0.1, 0.15) is 11.1 Å². The summed E-state index contributed by atoms with van der Waals surface area (Å²) in [4.78, 5) is 25.9. The van der Waals surface area contributed by atoms with Gasteiger partial charge < -0.3 is 14.0 Å². The van der Waals surface area contributed by atoms with Crippen molar-refractivity contribution in [2.75, 3.05) is 7.11 Å². The molecular formula is C30H23Cl2N3O4. The third-order valence-electron chi connectivity index (χ3n) is 6.19. The Morgan fingerprint density at radius 1 is 0.949 bits per heavy atom. The van der Waals surface area contributed by atoms with Gasteiger partial charge in [-0.3, -0.25) is 9.59 Å². The van der Waals surface area contributed by atoms with E-state index in [1.54, 1.807) is 55.6 Å². The molecule has 4 aromatic carbocycles. The molecule has 5 rings (SSSR count). The molecule has 0 bridgehead atoms. The van der Waals surface area contributed by atoms with Crippen LogP contribution in [0.25, 0.3) is 21.8 Å². The molecular weight excluding hydrogens is 537 g/mol. The van der Waals surface area contributed by atoms with Gasteiger partial charge in [0.1, 0.15) is 13.2 Å². The number of nitrogens with one attached hydrogen (secondary N) is 1. The predicted octanol–water partition coefficient (Wildman–Crippen LogP) is 6.20. The summed E-state index contributed by atoms with van der Waals surface area (Å²) >= 11 is 12.3. The molecule has 5 aromatic rings. The number of fused-ring (bicyclic) bond motifs is 2. The van der Waals surface area contributed by atoms with Crippen LogP contribution in [0, 0.1) is 0 Å². The third-order valence-corrected chi connectivity index (χ3v) is 6.78. The van der Waals surface area contributed by atoms with Gasteiger partial charge in [0.05, 0.1) is 24.4 Å². The van der Waals surface area contributed by atoms with Crippen LogP contribution in [0.15, 0.2) is 94.8 Å². The normalized spacial score (nSPS) is 11.3. The first kappa shape index (κ1) is 26.3. The highest BCUT2D eigenvalue weighted by molar-refractivity contribution is 6.35. The first-order chi connectivity index (χ1) is 19.0. The Hall–Kier alpha value is -4.33. The average molecular weight is 560 g/mol. The highest BCUT2D eigenvalue weighted by atomic mass is 35.5. The minimum absolute atomic E-state index is 0.0326. The van der Waals surface area contributed by atoms with Crippen molar-refractivity contribution in [3.63, 3.8) is 0 Å². The number of carbonyl (C=O) groups is 1. The van der Waals surface area contributed by atoms with Crippen molar-refractivity contribution in [1.29, 1.82) is 0 Å². The van der Waals surface area contributed by atoms with Gasteiger partial charge in [0, 0.05) is 31.9 Å². The van der Waals surface area contributed by atoms with Gasteiger partial charge in [-0.25, -0.2) is 5.43 Å². The van der Waals surface area contributed by atoms with Gasteiger partial charge in [0.2, 0.25) is 0 Å².